The van der Waals surface area contributed by atoms with Gasteiger partial charge in [0.05, 0.1) is 27.4 Å². The Kier molecular flexibility index (Phi) is 5.09. The van der Waals surface area contributed by atoms with E-state index in [9.17, 15) is 0 Å². The van der Waals surface area contributed by atoms with E-state index in [-0.39, 0.29) is 6.04 Å². The standard InChI is InChI=1S/C16H18BrNO3/c1-19-11-5-6-13(17)12(9-11)16(18)10-4-7-14(20-2)15(8-10)21-3/h4-9,16H,18H2,1-3H3. The molecule has 0 aliphatic carbocycles. The minimum absolute atomic E-state index is 0.297. The smallest absolute Gasteiger partial charge is 0.161 e. The molecule has 0 aliphatic rings. The monoisotopic (exact) mass is 351 g/mol. The van der Waals surface area contributed by atoms with Gasteiger partial charge in [0.1, 0.15) is 5.75 Å². The van der Waals surface area contributed by atoms with E-state index in [0.717, 1.165) is 21.3 Å². The van der Waals surface area contributed by atoms with Crippen LogP contribution in [0.3, 0.4) is 0 Å². The molecule has 0 saturated heterocycles. The van der Waals surface area contributed by atoms with Crippen molar-refractivity contribution < 1.29 is 14.2 Å². The van der Waals surface area contributed by atoms with Crippen LogP contribution in [-0.4, -0.2) is 21.3 Å². The molecule has 2 rings (SSSR count). The first-order valence-electron chi connectivity index (χ1n) is 6.41. The second-order valence-corrected chi connectivity index (χ2v) is 5.33. The second-order valence-electron chi connectivity index (χ2n) is 4.48. The molecule has 0 radical (unpaired) electrons. The summed E-state index contributed by atoms with van der Waals surface area (Å²) in [5, 5.41) is 0. The summed E-state index contributed by atoms with van der Waals surface area (Å²) in [5.41, 5.74) is 8.25. The molecule has 21 heavy (non-hydrogen) atoms. The van der Waals surface area contributed by atoms with Gasteiger partial charge < -0.3 is 19.9 Å². The van der Waals surface area contributed by atoms with Gasteiger partial charge in [-0.3, -0.25) is 0 Å². The van der Waals surface area contributed by atoms with Crippen LogP contribution >= 0.6 is 15.9 Å². The zero-order valence-corrected chi connectivity index (χ0v) is 13.8. The third-order valence-corrected chi connectivity index (χ3v) is 4.03. The fourth-order valence-electron chi connectivity index (χ4n) is 2.11. The number of halogens is 1. The molecule has 4 nitrogen and oxygen atoms in total. The Morgan fingerprint density at radius 2 is 1.62 bits per heavy atom. The molecule has 0 bridgehead atoms. The van der Waals surface area contributed by atoms with E-state index >= 15 is 0 Å². The maximum atomic E-state index is 6.37. The minimum Gasteiger partial charge on any atom is -0.497 e. The highest BCUT2D eigenvalue weighted by atomic mass is 79.9. The van der Waals surface area contributed by atoms with E-state index in [2.05, 4.69) is 15.9 Å². The normalized spacial score (nSPS) is 11.9. The maximum absolute atomic E-state index is 6.37. The average molecular weight is 352 g/mol. The molecule has 1 atom stereocenters. The van der Waals surface area contributed by atoms with Crippen LogP contribution in [-0.2, 0) is 0 Å². The second kappa shape index (κ2) is 6.83. The van der Waals surface area contributed by atoms with Crippen molar-refractivity contribution in [3.8, 4) is 17.2 Å². The van der Waals surface area contributed by atoms with Crippen LogP contribution in [0.2, 0.25) is 0 Å². The lowest BCUT2D eigenvalue weighted by Gasteiger charge is -2.17. The van der Waals surface area contributed by atoms with Gasteiger partial charge in [-0.15, -0.1) is 0 Å². The molecule has 5 heteroatoms. The third-order valence-electron chi connectivity index (χ3n) is 3.30. The molecule has 0 saturated carbocycles. The summed E-state index contributed by atoms with van der Waals surface area (Å²) >= 11 is 3.53. The number of benzene rings is 2. The van der Waals surface area contributed by atoms with E-state index < -0.39 is 0 Å². The van der Waals surface area contributed by atoms with Crippen molar-refractivity contribution in [1.82, 2.24) is 0 Å². The number of nitrogens with two attached hydrogens (primary N) is 1. The number of hydrogen-bond acceptors (Lipinski definition) is 4. The van der Waals surface area contributed by atoms with Crippen LogP contribution in [0.4, 0.5) is 0 Å². The van der Waals surface area contributed by atoms with Gasteiger partial charge >= 0.3 is 0 Å². The molecule has 0 fully saturated rings. The highest BCUT2D eigenvalue weighted by Crippen LogP contribution is 2.34. The van der Waals surface area contributed by atoms with Crippen molar-refractivity contribution in [1.29, 1.82) is 0 Å². The lowest BCUT2D eigenvalue weighted by molar-refractivity contribution is 0.354. The highest BCUT2D eigenvalue weighted by molar-refractivity contribution is 9.10. The highest BCUT2D eigenvalue weighted by Gasteiger charge is 2.15. The van der Waals surface area contributed by atoms with Crippen molar-refractivity contribution in [3.63, 3.8) is 0 Å². The Morgan fingerprint density at radius 3 is 2.24 bits per heavy atom. The van der Waals surface area contributed by atoms with E-state index in [1.165, 1.54) is 0 Å². The van der Waals surface area contributed by atoms with Crippen LogP contribution in [0.1, 0.15) is 17.2 Å². The van der Waals surface area contributed by atoms with Gasteiger partial charge in [0.2, 0.25) is 0 Å². The van der Waals surface area contributed by atoms with E-state index in [0.29, 0.717) is 11.5 Å². The zero-order chi connectivity index (χ0) is 15.4. The summed E-state index contributed by atoms with van der Waals surface area (Å²) in [6, 6.07) is 11.1. The third kappa shape index (κ3) is 3.31. The van der Waals surface area contributed by atoms with E-state index in [4.69, 9.17) is 19.9 Å². The molecular formula is C16H18BrNO3. The summed E-state index contributed by atoms with van der Waals surface area (Å²) in [6.07, 6.45) is 0. The summed E-state index contributed by atoms with van der Waals surface area (Å²) in [5.74, 6) is 2.10. The predicted molar refractivity (Wildman–Crippen MR) is 86.3 cm³/mol. The Hall–Kier alpha value is -1.72. The Balaban J connectivity index is 2.42. The summed E-state index contributed by atoms with van der Waals surface area (Å²) in [7, 11) is 4.85. The Labute approximate surface area is 132 Å². The molecule has 2 aromatic carbocycles. The number of ether oxygens (including phenoxy) is 3. The average Bonchev–Trinajstić information content (AvgIpc) is 2.54. The largest absolute Gasteiger partial charge is 0.497 e. The van der Waals surface area contributed by atoms with Crippen molar-refractivity contribution >= 4 is 15.9 Å². The van der Waals surface area contributed by atoms with Gasteiger partial charge in [-0.1, -0.05) is 22.0 Å². The van der Waals surface area contributed by atoms with Gasteiger partial charge in [0, 0.05) is 4.47 Å². The molecule has 0 amide bonds. The van der Waals surface area contributed by atoms with Gasteiger partial charge in [-0.05, 0) is 41.5 Å². The zero-order valence-electron chi connectivity index (χ0n) is 12.2. The first kappa shape index (κ1) is 15.7. The van der Waals surface area contributed by atoms with Gasteiger partial charge in [-0.25, -0.2) is 0 Å². The number of hydrogen-bond donors (Lipinski definition) is 1. The molecule has 0 aliphatic heterocycles. The van der Waals surface area contributed by atoms with Crippen LogP contribution in [0.25, 0.3) is 0 Å². The Bertz CT molecular complexity index is 631. The molecule has 1 unspecified atom stereocenters. The van der Waals surface area contributed by atoms with Gasteiger partial charge in [0.15, 0.2) is 11.5 Å². The predicted octanol–water partition coefficient (Wildman–Crippen LogP) is 3.52. The van der Waals surface area contributed by atoms with Crippen LogP contribution < -0.4 is 19.9 Å². The molecule has 0 spiro atoms. The van der Waals surface area contributed by atoms with E-state index in [1.54, 1.807) is 21.3 Å². The van der Waals surface area contributed by atoms with Crippen molar-refractivity contribution in [2.24, 2.45) is 5.73 Å². The SMILES string of the molecule is COc1ccc(Br)c(C(N)c2ccc(OC)c(OC)c2)c1. The number of rotatable bonds is 5. The molecule has 2 N–H and O–H groups in total. The number of methoxy groups -OCH3 is 3. The van der Waals surface area contributed by atoms with Gasteiger partial charge in [-0.2, -0.15) is 0 Å². The maximum Gasteiger partial charge on any atom is 0.161 e. The van der Waals surface area contributed by atoms with Gasteiger partial charge in [0.25, 0.3) is 0 Å². The van der Waals surface area contributed by atoms with Crippen molar-refractivity contribution in [2.45, 2.75) is 6.04 Å². The van der Waals surface area contributed by atoms with Crippen LogP contribution in [0.15, 0.2) is 40.9 Å². The molecule has 0 heterocycles. The summed E-state index contributed by atoms with van der Waals surface area (Å²) in [4.78, 5) is 0. The first-order valence-corrected chi connectivity index (χ1v) is 7.21. The summed E-state index contributed by atoms with van der Waals surface area (Å²) in [6.45, 7) is 0. The van der Waals surface area contributed by atoms with Crippen molar-refractivity contribution in [2.75, 3.05) is 21.3 Å². The summed E-state index contributed by atoms with van der Waals surface area (Å²) < 4.78 is 16.8. The van der Waals surface area contributed by atoms with Crippen LogP contribution in [0.5, 0.6) is 17.2 Å². The quantitative estimate of drug-likeness (QED) is 0.895. The lowest BCUT2D eigenvalue weighted by Crippen LogP contribution is -2.13. The molecule has 2 aromatic rings. The van der Waals surface area contributed by atoms with Crippen molar-refractivity contribution in [3.05, 3.63) is 52.0 Å². The van der Waals surface area contributed by atoms with Crippen LogP contribution in [0, 0.1) is 0 Å². The topological polar surface area (TPSA) is 53.7 Å². The fraction of sp³-hybridized carbons (Fsp3) is 0.250. The minimum atomic E-state index is -0.297. The first-order chi connectivity index (χ1) is 10.1. The molecular weight excluding hydrogens is 334 g/mol. The molecule has 0 aromatic heterocycles. The molecule has 112 valence electrons. The fourth-order valence-corrected chi connectivity index (χ4v) is 2.61. The lowest BCUT2D eigenvalue weighted by atomic mass is 9.99. The van der Waals surface area contributed by atoms with E-state index in [1.807, 2.05) is 36.4 Å². The Morgan fingerprint density at radius 1 is 0.905 bits per heavy atom.